The van der Waals surface area contributed by atoms with Crippen molar-refractivity contribution in [2.24, 2.45) is 0 Å². The maximum Gasteiger partial charge on any atom is 0.202 e. The molecule has 0 radical (unpaired) electrons. The number of ether oxygens (including phenoxy) is 2. The Morgan fingerprint density at radius 3 is 2.00 bits per heavy atom. The van der Waals surface area contributed by atoms with Crippen LogP contribution < -0.4 is 9.47 Å². The summed E-state index contributed by atoms with van der Waals surface area (Å²) in [6, 6.07) is 14.7. The zero-order valence-electron chi connectivity index (χ0n) is 14.4. The van der Waals surface area contributed by atoms with Gasteiger partial charge in [0.1, 0.15) is 17.2 Å². The monoisotopic (exact) mass is 351 g/mol. The van der Waals surface area contributed by atoms with Crippen LogP contribution in [0.2, 0.25) is 0 Å². The first-order valence-electron chi connectivity index (χ1n) is 7.91. The van der Waals surface area contributed by atoms with E-state index in [1.54, 1.807) is 14.2 Å². The molecular formula is C20H17NO5. The van der Waals surface area contributed by atoms with Crippen molar-refractivity contribution >= 4 is 12.1 Å². The second-order valence-electron chi connectivity index (χ2n) is 5.55. The average Bonchev–Trinajstić information content (AvgIpc) is 3.11. The molecule has 1 aromatic heterocycles. The highest BCUT2D eigenvalue weighted by atomic mass is 16.5. The van der Waals surface area contributed by atoms with Crippen LogP contribution in [-0.2, 0) is 16.0 Å². The molecule has 132 valence electrons. The van der Waals surface area contributed by atoms with Gasteiger partial charge in [0.05, 0.1) is 26.2 Å². The molecule has 0 aliphatic carbocycles. The maximum atomic E-state index is 11.6. The van der Waals surface area contributed by atoms with Crippen LogP contribution in [0.15, 0.2) is 53.1 Å². The number of carbonyl (C=O) groups is 2. The van der Waals surface area contributed by atoms with E-state index in [0.29, 0.717) is 22.8 Å². The summed E-state index contributed by atoms with van der Waals surface area (Å²) < 4.78 is 15.8. The number of hydrogen-bond acceptors (Lipinski definition) is 6. The highest BCUT2D eigenvalue weighted by molar-refractivity contribution is 6.25. The Labute approximate surface area is 150 Å². The quantitative estimate of drug-likeness (QED) is 0.480. The third-order valence-electron chi connectivity index (χ3n) is 3.97. The number of hydrogen-bond donors (Lipinski definition) is 0. The number of Topliss-reactive ketones (excluding diaryl/α,β-unsaturated/α-hetero) is 1. The van der Waals surface area contributed by atoms with Crippen LogP contribution in [-0.4, -0.2) is 31.4 Å². The molecule has 2 aromatic carbocycles. The number of rotatable bonds is 7. The lowest BCUT2D eigenvalue weighted by molar-refractivity contribution is -0.129. The number of carbonyl (C=O) groups excluding carboxylic acids is 2. The largest absolute Gasteiger partial charge is 0.497 e. The van der Waals surface area contributed by atoms with Crippen LogP contribution >= 0.6 is 0 Å². The predicted octanol–water partition coefficient (Wildman–Crippen LogP) is 3.34. The van der Waals surface area contributed by atoms with Crippen molar-refractivity contribution in [1.82, 2.24) is 5.16 Å². The van der Waals surface area contributed by atoms with Crippen LogP contribution in [0.3, 0.4) is 0 Å². The highest BCUT2D eigenvalue weighted by Gasteiger charge is 2.21. The Morgan fingerprint density at radius 1 is 0.962 bits per heavy atom. The summed E-state index contributed by atoms with van der Waals surface area (Å²) in [5.41, 5.74) is 2.89. The van der Waals surface area contributed by atoms with E-state index in [2.05, 4.69) is 5.16 Å². The van der Waals surface area contributed by atoms with Crippen LogP contribution in [0.4, 0.5) is 0 Å². The molecule has 0 amide bonds. The molecule has 0 atom stereocenters. The van der Waals surface area contributed by atoms with Crippen molar-refractivity contribution in [3.8, 4) is 33.9 Å². The molecule has 0 bridgehead atoms. The molecule has 0 fully saturated rings. The number of nitrogens with zero attached hydrogens (tertiary/aromatic N) is 1. The third-order valence-corrected chi connectivity index (χ3v) is 3.97. The molecule has 3 aromatic rings. The van der Waals surface area contributed by atoms with E-state index in [1.165, 1.54) is 0 Å². The summed E-state index contributed by atoms with van der Waals surface area (Å²) in [5.74, 6) is 1.21. The molecule has 0 N–H and O–H groups in total. The van der Waals surface area contributed by atoms with Gasteiger partial charge in [-0.15, -0.1) is 0 Å². The summed E-state index contributed by atoms with van der Waals surface area (Å²) in [6.07, 6.45) is 0.140. The van der Waals surface area contributed by atoms with Gasteiger partial charge in [-0.25, -0.2) is 0 Å². The smallest absolute Gasteiger partial charge is 0.202 e. The zero-order chi connectivity index (χ0) is 18.5. The van der Waals surface area contributed by atoms with Gasteiger partial charge in [0, 0.05) is 5.56 Å². The summed E-state index contributed by atoms with van der Waals surface area (Å²) in [4.78, 5) is 22.3. The first-order valence-corrected chi connectivity index (χ1v) is 7.91. The highest BCUT2D eigenvalue weighted by Crippen LogP contribution is 2.36. The fourth-order valence-corrected chi connectivity index (χ4v) is 2.65. The minimum atomic E-state index is -0.572. The summed E-state index contributed by atoms with van der Waals surface area (Å²) >= 11 is 0. The lowest BCUT2D eigenvalue weighted by Gasteiger charge is -2.06. The van der Waals surface area contributed by atoms with Crippen molar-refractivity contribution in [3.63, 3.8) is 0 Å². The minimum Gasteiger partial charge on any atom is -0.497 e. The first kappa shape index (κ1) is 17.4. The predicted molar refractivity (Wildman–Crippen MR) is 95.3 cm³/mol. The Balaban J connectivity index is 2.10. The number of methoxy groups -OCH3 is 2. The average molecular weight is 351 g/mol. The minimum absolute atomic E-state index is 0.145. The van der Waals surface area contributed by atoms with Crippen LogP contribution in [0.5, 0.6) is 11.5 Å². The normalized spacial score (nSPS) is 10.4. The molecule has 6 heteroatoms. The Morgan fingerprint density at radius 2 is 1.50 bits per heavy atom. The SMILES string of the molecule is COc1ccc(-c2noc(CC(=O)C=O)c2-c2ccc(OC)cc2)cc1. The number of ketones is 1. The van der Waals surface area contributed by atoms with E-state index < -0.39 is 5.78 Å². The molecule has 0 unspecified atom stereocenters. The molecule has 1 heterocycles. The van der Waals surface area contributed by atoms with Gasteiger partial charge in [0.15, 0.2) is 12.0 Å². The summed E-state index contributed by atoms with van der Waals surface area (Å²) in [5, 5.41) is 4.13. The second kappa shape index (κ2) is 7.65. The maximum absolute atomic E-state index is 11.6. The van der Waals surface area contributed by atoms with Gasteiger partial charge in [-0.1, -0.05) is 17.3 Å². The second-order valence-corrected chi connectivity index (χ2v) is 5.55. The number of aromatic nitrogens is 1. The fraction of sp³-hybridized carbons (Fsp3) is 0.150. The number of aldehydes is 1. The van der Waals surface area contributed by atoms with Gasteiger partial charge >= 0.3 is 0 Å². The summed E-state index contributed by atoms with van der Waals surface area (Å²) in [6.45, 7) is 0. The van der Waals surface area contributed by atoms with Crippen molar-refractivity contribution in [2.45, 2.75) is 6.42 Å². The van der Waals surface area contributed by atoms with Gasteiger partial charge in [-0.3, -0.25) is 9.59 Å². The third kappa shape index (κ3) is 3.49. The van der Waals surface area contributed by atoms with E-state index in [9.17, 15) is 9.59 Å². The first-order chi connectivity index (χ1) is 12.7. The van der Waals surface area contributed by atoms with Crippen molar-refractivity contribution in [2.75, 3.05) is 14.2 Å². The Kier molecular flexibility index (Phi) is 5.12. The zero-order valence-corrected chi connectivity index (χ0v) is 14.4. The van der Waals surface area contributed by atoms with Gasteiger partial charge in [-0.05, 0) is 42.0 Å². The van der Waals surface area contributed by atoms with E-state index in [1.807, 2.05) is 48.5 Å². The lowest BCUT2D eigenvalue weighted by atomic mass is 9.97. The lowest BCUT2D eigenvalue weighted by Crippen LogP contribution is -2.03. The molecule has 0 saturated carbocycles. The van der Waals surface area contributed by atoms with Crippen LogP contribution in [0.1, 0.15) is 5.76 Å². The van der Waals surface area contributed by atoms with Gasteiger partial charge in [0.2, 0.25) is 5.78 Å². The van der Waals surface area contributed by atoms with Crippen molar-refractivity contribution in [1.29, 1.82) is 0 Å². The molecule has 0 aliphatic rings. The van der Waals surface area contributed by atoms with E-state index >= 15 is 0 Å². The van der Waals surface area contributed by atoms with Crippen molar-refractivity contribution in [3.05, 3.63) is 54.3 Å². The van der Waals surface area contributed by atoms with E-state index in [0.717, 1.165) is 16.9 Å². The molecule has 3 rings (SSSR count). The van der Waals surface area contributed by atoms with Crippen molar-refractivity contribution < 1.29 is 23.6 Å². The Bertz CT molecular complexity index is 910. The standard InChI is InChI=1S/C20H17NO5/c1-24-16-7-3-13(4-8-16)19-18(11-15(23)12-22)26-21-20(19)14-5-9-17(25-2)10-6-14/h3-10,12H,11H2,1-2H3. The molecular weight excluding hydrogens is 334 g/mol. The topological polar surface area (TPSA) is 78.6 Å². The van der Waals surface area contributed by atoms with Crippen LogP contribution in [0, 0.1) is 0 Å². The van der Waals surface area contributed by atoms with E-state index in [-0.39, 0.29) is 12.7 Å². The van der Waals surface area contributed by atoms with Gasteiger partial charge < -0.3 is 14.0 Å². The van der Waals surface area contributed by atoms with Gasteiger partial charge in [0.25, 0.3) is 0 Å². The van der Waals surface area contributed by atoms with E-state index in [4.69, 9.17) is 14.0 Å². The molecule has 0 spiro atoms. The molecule has 6 nitrogen and oxygen atoms in total. The van der Waals surface area contributed by atoms with Crippen LogP contribution in [0.25, 0.3) is 22.4 Å². The molecule has 0 saturated heterocycles. The fourth-order valence-electron chi connectivity index (χ4n) is 2.65. The molecule has 0 aliphatic heterocycles. The molecule has 26 heavy (non-hydrogen) atoms. The Hall–Kier alpha value is -3.41. The number of benzene rings is 2. The summed E-state index contributed by atoms with van der Waals surface area (Å²) in [7, 11) is 3.18. The van der Waals surface area contributed by atoms with Gasteiger partial charge in [-0.2, -0.15) is 0 Å².